The van der Waals surface area contributed by atoms with Gasteiger partial charge < -0.3 is 14.6 Å². The Hall–Kier alpha value is -3.19. The van der Waals surface area contributed by atoms with Crippen molar-refractivity contribution in [3.8, 4) is 11.3 Å². The van der Waals surface area contributed by atoms with Gasteiger partial charge in [0.15, 0.2) is 0 Å². The fraction of sp³-hybridized carbons (Fsp3) is 0.385. The molecule has 0 unspecified atom stereocenters. The van der Waals surface area contributed by atoms with E-state index >= 15 is 0 Å². The van der Waals surface area contributed by atoms with Crippen LogP contribution in [-0.2, 0) is 11.3 Å². The van der Waals surface area contributed by atoms with E-state index in [0.717, 1.165) is 10.9 Å². The Balaban J connectivity index is 1.45. The van der Waals surface area contributed by atoms with Crippen molar-refractivity contribution in [1.82, 2.24) is 14.8 Å². The van der Waals surface area contributed by atoms with Crippen molar-refractivity contribution in [3.63, 3.8) is 0 Å². The minimum Gasteiger partial charge on any atom is -0.444 e. The third kappa shape index (κ3) is 5.25. The summed E-state index contributed by atoms with van der Waals surface area (Å²) in [6.07, 6.45) is -0.308. The largest absolute Gasteiger partial charge is 0.444 e. The van der Waals surface area contributed by atoms with Gasteiger partial charge in [0, 0.05) is 54.9 Å². The summed E-state index contributed by atoms with van der Waals surface area (Å²) >= 11 is 0. The topological polar surface area (TPSA) is 65.6 Å². The second-order valence-electron chi connectivity index (χ2n) is 9.60. The molecule has 1 amide bonds. The number of rotatable bonds is 3. The maximum Gasteiger partial charge on any atom is 0.410 e. The molecule has 0 spiro atoms. The van der Waals surface area contributed by atoms with Gasteiger partial charge in [-0.3, -0.25) is 9.69 Å². The third-order valence-corrected chi connectivity index (χ3v) is 5.89. The van der Waals surface area contributed by atoms with Crippen LogP contribution in [0.1, 0.15) is 31.9 Å². The average Bonchev–Trinajstić information content (AvgIpc) is 2.75. The predicted octanol–water partition coefficient (Wildman–Crippen LogP) is 4.70. The molecule has 1 N–H and O–H groups in total. The number of aromatic nitrogens is 1. The van der Waals surface area contributed by atoms with Crippen LogP contribution in [0.25, 0.3) is 22.0 Å². The van der Waals surface area contributed by atoms with E-state index in [-0.39, 0.29) is 17.5 Å². The summed E-state index contributed by atoms with van der Waals surface area (Å²) < 4.78 is 20.4. The molecule has 4 rings (SSSR count). The number of carbonyl (C=O) groups excluding carboxylic acids is 1. The normalized spacial score (nSPS) is 15.1. The Bertz CT molecular complexity index is 1240. The van der Waals surface area contributed by atoms with Gasteiger partial charge in [-0.15, -0.1) is 0 Å². The number of amides is 1. The van der Waals surface area contributed by atoms with Gasteiger partial charge in [0.1, 0.15) is 11.4 Å². The number of fused-ring (bicyclic) bond motifs is 1. The number of piperazine rings is 1. The summed E-state index contributed by atoms with van der Waals surface area (Å²) in [5, 5.41) is 1.49. The third-order valence-electron chi connectivity index (χ3n) is 5.89. The maximum atomic E-state index is 15.0. The average molecular weight is 452 g/mol. The van der Waals surface area contributed by atoms with Gasteiger partial charge in [-0.2, -0.15) is 0 Å². The zero-order valence-electron chi connectivity index (χ0n) is 19.6. The van der Waals surface area contributed by atoms with Crippen LogP contribution in [0.3, 0.4) is 0 Å². The van der Waals surface area contributed by atoms with E-state index in [1.165, 1.54) is 6.07 Å². The van der Waals surface area contributed by atoms with Crippen molar-refractivity contribution in [2.24, 2.45) is 0 Å². The number of halogens is 1. The van der Waals surface area contributed by atoms with Crippen molar-refractivity contribution in [2.45, 2.75) is 39.8 Å². The van der Waals surface area contributed by atoms with E-state index in [4.69, 9.17) is 4.74 Å². The van der Waals surface area contributed by atoms with Crippen LogP contribution in [0, 0.1) is 12.7 Å². The second kappa shape index (κ2) is 8.98. The molecule has 1 aliphatic rings. The Morgan fingerprint density at radius 2 is 1.79 bits per heavy atom. The highest BCUT2D eigenvalue weighted by molar-refractivity contribution is 5.87. The molecule has 6 nitrogen and oxygen atoms in total. The molecule has 1 aromatic heterocycles. The fourth-order valence-corrected chi connectivity index (χ4v) is 4.09. The van der Waals surface area contributed by atoms with Crippen LogP contribution < -0.4 is 5.56 Å². The summed E-state index contributed by atoms with van der Waals surface area (Å²) in [6.45, 7) is 10.4. The fourth-order valence-electron chi connectivity index (χ4n) is 4.09. The zero-order valence-corrected chi connectivity index (χ0v) is 19.6. The number of nitrogens with one attached hydrogen (secondary N) is 1. The van der Waals surface area contributed by atoms with E-state index in [2.05, 4.69) is 9.88 Å². The highest BCUT2D eigenvalue weighted by atomic mass is 19.1. The van der Waals surface area contributed by atoms with Crippen molar-refractivity contribution >= 4 is 16.9 Å². The van der Waals surface area contributed by atoms with Crippen LogP contribution >= 0.6 is 0 Å². The number of nitrogens with zero attached hydrogens (tertiary/aromatic N) is 2. The maximum absolute atomic E-state index is 15.0. The summed E-state index contributed by atoms with van der Waals surface area (Å²) in [4.78, 5) is 31.4. The monoisotopic (exact) mass is 451 g/mol. The molecule has 1 aliphatic heterocycles. The lowest BCUT2D eigenvalue weighted by Crippen LogP contribution is -2.49. The number of aromatic amines is 1. The first-order chi connectivity index (χ1) is 15.6. The van der Waals surface area contributed by atoms with Gasteiger partial charge in [0.2, 0.25) is 0 Å². The number of hydrogen-bond acceptors (Lipinski definition) is 4. The Morgan fingerprint density at radius 3 is 2.45 bits per heavy atom. The number of carbonyl (C=O) groups is 1. The molecule has 0 aliphatic carbocycles. The highest BCUT2D eigenvalue weighted by Crippen LogP contribution is 2.25. The summed E-state index contributed by atoms with van der Waals surface area (Å²) in [6, 6.07) is 12.6. The van der Waals surface area contributed by atoms with Crippen LogP contribution in [0.5, 0.6) is 0 Å². The van der Waals surface area contributed by atoms with Crippen molar-refractivity contribution < 1.29 is 13.9 Å². The molecule has 33 heavy (non-hydrogen) atoms. The molecule has 3 aromatic rings. The number of pyridine rings is 1. The SMILES string of the molecule is Cc1cccc2c(=O)[nH]c(-c3ccc(CN4CCN(C(=O)OC(C)(C)C)CC4)c(F)c3)cc12. The molecule has 174 valence electrons. The first kappa shape index (κ1) is 23.0. The molecule has 0 bridgehead atoms. The molecule has 0 saturated carbocycles. The Kier molecular flexibility index (Phi) is 6.26. The second-order valence-corrected chi connectivity index (χ2v) is 9.60. The number of hydrogen-bond donors (Lipinski definition) is 1. The van der Waals surface area contributed by atoms with Gasteiger partial charge in [-0.25, -0.2) is 9.18 Å². The lowest BCUT2D eigenvalue weighted by molar-refractivity contribution is 0.0138. The molecule has 2 aromatic carbocycles. The van der Waals surface area contributed by atoms with Gasteiger partial charge in [0.05, 0.1) is 0 Å². The van der Waals surface area contributed by atoms with E-state index in [1.807, 2.05) is 52.0 Å². The summed E-state index contributed by atoms with van der Waals surface area (Å²) in [5.74, 6) is -0.312. The Morgan fingerprint density at radius 1 is 1.06 bits per heavy atom. The lowest BCUT2D eigenvalue weighted by atomic mass is 10.0. The predicted molar refractivity (Wildman–Crippen MR) is 128 cm³/mol. The Labute approximate surface area is 193 Å². The zero-order chi connectivity index (χ0) is 23.8. The van der Waals surface area contributed by atoms with Crippen LogP contribution in [-0.4, -0.2) is 52.7 Å². The van der Waals surface area contributed by atoms with Gasteiger partial charge in [-0.1, -0.05) is 24.3 Å². The highest BCUT2D eigenvalue weighted by Gasteiger charge is 2.26. The molecule has 0 radical (unpaired) electrons. The number of ether oxygens (including phenoxy) is 1. The van der Waals surface area contributed by atoms with Crippen LogP contribution in [0.4, 0.5) is 9.18 Å². The van der Waals surface area contributed by atoms with Crippen molar-refractivity contribution in [2.75, 3.05) is 26.2 Å². The van der Waals surface area contributed by atoms with Crippen LogP contribution in [0.2, 0.25) is 0 Å². The van der Waals surface area contributed by atoms with Crippen LogP contribution in [0.15, 0.2) is 47.3 Å². The first-order valence-corrected chi connectivity index (χ1v) is 11.2. The molecular formula is C26H30FN3O3. The molecule has 1 saturated heterocycles. The van der Waals surface area contributed by atoms with Crippen molar-refractivity contribution in [3.05, 3.63) is 69.8 Å². The van der Waals surface area contributed by atoms with Gasteiger partial charge in [0.25, 0.3) is 5.56 Å². The summed E-state index contributed by atoms with van der Waals surface area (Å²) in [7, 11) is 0. The number of aryl methyl sites for hydroxylation is 1. The minimum absolute atomic E-state index is 0.182. The lowest BCUT2D eigenvalue weighted by Gasteiger charge is -2.35. The number of benzene rings is 2. The number of H-pyrrole nitrogens is 1. The van der Waals surface area contributed by atoms with E-state index < -0.39 is 5.60 Å². The minimum atomic E-state index is -0.521. The van der Waals surface area contributed by atoms with E-state index in [0.29, 0.717) is 54.9 Å². The van der Waals surface area contributed by atoms with Gasteiger partial charge >= 0.3 is 6.09 Å². The molecule has 0 atom stereocenters. The van der Waals surface area contributed by atoms with Gasteiger partial charge in [-0.05, 0) is 56.8 Å². The van der Waals surface area contributed by atoms with Crippen molar-refractivity contribution in [1.29, 1.82) is 0 Å². The van der Waals surface area contributed by atoms with E-state index in [1.54, 1.807) is 17.0 Å². The molecular weight excluding hydrogens is 421 g/mol. The smallest absolute Gasteiger partial charge is 0.410 e. The van der Waals surface area contributed by atoms with E-state index in [9.17, 15) is 14.0 Å². The molecule has 7 heteroatoms. The molecule has 2 heterocycles. The first-order valence-electron chi connectivity index (χ1n) is 11.2. The summed E-state index contributed by atoms with van der Waals surface area (Å²) in [5.41, 5.74) is 2.11. The standard InChI is InChI=1S/C26H30FN3O3/c1-17-6-5-7-20-21(17)15-23(28-24(20)31)18-8-9-19(22(27)14-18)16-29-10-12-30(13-11-29)25(32)33-26(2,3)4/h5-9,14-15H,10-13,16H2,1-4H3,(H,28,31). The molecule has 1 fully saturated rings. The quantitative estimate of drug-likeness (QED) is 0.627.